The summed E-state index contributed by atoms with van der Waals surface area (Å²) in [5.41, 5.74) is 1.50. The van der Waals surface area contributed by atoms with Gasteiger partial charge in [0.15, 0.2) is 0 Å². The summed E-state index contributed by atoms with van der Waals surface area (Å²) in [6.07, 6.45) is 2.72. The van der Waals surface area contributed by atoms with E-state index in [1.165, 1.54) is 7.11 Å². The quantitative estimate of drug-likeness (QED) is 0.797. The van der Waals surface area contributed by atoms with Crippen LogP contribution in [0.4, 0.5) is 0 Å². The first-order chi connectivity index (χ1) is 12.0. The molecule has 0 spiro atoms. The van der Waals surface area contributed by atoms with Gasteiger partial charge in [-0.2, -0.15) is 0 Å². The van der Waals surface area contributed by atoms with E-state index in [9.17, 15) is 14.4 Å². The fourth-order valence-electron chi connectivity index (χ4n) is 3.07. The van der Waals surface area contributed by atoms with E-state index in [-0.39, 0.29) is 23.7 Å². The number of piperidine rings is 1. The lowest BCUT2D eigenvalue weighted by atomic mass is 9.96. The second-order valence-electron chi connectivity index (χ2n) is 6.26. The molecular formula is C19H26N2O4. The normalized spacial score (nSPS) is 17.0. The minimum absolute atomic E-state index is 0.0402. The minimum atomic E-state index is -0.368. The second kappa shape index (κ2) is 9.20. The lowest BCUT2D eigenvalue weighted by molar-refractivity contribution is -0.135. The summed E-state index contributed by atoms with van der Waals surface area (Å²) in [5.74, 6) is -0.353. The van der Waals surface area contributed by atoms with Crippen LogP contribution in [0.25, 0.3) is 0 Å². The van der Waals surface area contributed by atoms with E-state index < -0.39 is 0 Å². The molecule has 0 unspecified atom stereocenters. The van der Waals surface area contributed by atoms with Crippen LogP contribution >= 0.6 is 0 Å². The van der Waals surface area contributed by atoms with Crippen LogP contribution in [0, 0.1) is 5.92 Å². The Morgan fingerprint density at radius 2 is 1.96 bits per heavy atom. The van der Waals surface area contributed by atoms with Crippen LogP contribution in [0.5, 0.6) is 0 Å². The summed E-state index contributed by atoms with van der Waals surface area (Å²) in [6, 6.07) is 7.09. The van der Waals surface area contributed by atoms with Gasteiger partial charge in [0.05, 0.1) is 18.6 Å². The zero-order valence-electron chi connectivity index (χ0n) is 14.9. The first-order valence-corrected chi connectivity index (χ1v) is 8.78. The van der Waals surface area contributed by atoms with Crippen LogP contribution < -0.4 is 5.32 Å². The molecule has 0 radical (unpaired) electrons. The topological polar surface area (TPSA) is 75.7 Å². The van der Waals surface area contributed by atoms with Gasteiger partial charge in [0.1, 0.15) is 0 Å². The first kappa shape index (κ1) is 19.0. The van der Waals surface area contributed by atoms with Gasteiger partial charge in [-0.15, -0.1) is 0 Å². The summed E-state index contributed by atoms with van der Waals surface area (Å²) in [7, 11) is 1.35. The number of benzene rings is 1. The van der Waals surface area contributed by atoms with Crippen LogP contribution in [0.1, 0.15) is 42.1 Å². The number of nitrogens with one attached hydrogen (secondary N) is 1. The van der Waals surface area contributed by atoms with Gasteiger partial charge in [-0.05, 0) is 43.9 Å². The van der Waals surface area contributed by atoms with E-state index in [1.54, 1.807) is 17.0 Å². The molecule has 6 nitrogen and oxygen atoms in total. The van der Waals surface area contributed by atoms with Crippen molar-refractivity contribution in [3.8, 4) is 0 Å². The van der Waals surface area contributed by atoms with Gasteiger partial charge in [-0.1, -0.05) is 12.1 Å². The number of rotatable bonds is 6. The van der Waals surface area contributed by atoms with Crippen molar-refractivity contribution in [1.82, 2.24) is 10.2 Å². The lowest BCUT2D eigenvalue weighted by Gasteiger charge is -2.32. The highest BCUT2D eigenvalue weighted by Crippen LogP contribution is 2.18. The molecule has 2 rings (SSSR count). The molecule has 1 aliphatic rings. The molecule has 6 heteroatoms. The van der Waals surface area contributed by atoms with Crippen LogP contribution in [0.15, 0.2) is 24.3 Å². The number of nitrogens with zero attached hydrogens (tertiary/aromatic N) is 1. The Hall–Kier alpha value is -2.37. The number of hydrogen-bond acceptors (Lipinski definition) is 4. The summed E-state index contributed by atoms with van der Waals surface area (Å²) >= 11 is 0. The lowest BCUT2D eigenvalue weighted by Crippen LogP contribution is -2.45. The van der Waals surface area contributed by atoms with Gasteiger partial charge in [-0.3, -0.25) is 9.59 Å². The molecule has 0 bridgehead atoms. The summed E-state index contributed by atoms with van der Waals surface area (Å²) in [4.78, 5) is 37.6. The molecule has 1 saturated heterocycles. The third-order valence-corrected chi connectivity index (χ3v) is 4.50. The van der Waals surface area contributed by atoms with Crippen molar-refractivity contribution >= 4 is 17.8 Å². The molecule has 1 atom stereocenters. The Labute approximate surface area is 148 Å². The molecule has 1 aliphatic heterocycles. The molecule has 1 fully saturated rings. The second-order valence-corrected chi connectivity index (χ2v) is 6.26. The third-order valence-electron chi connectivity index (χ3n) is 4.50. The number of carbonyl (C=O) groups is 3. The number of ether oxygens (including phenoxy) is 1. The molecule has 1 heterocycles. The van der Waals surface area contributed by atoms with Crippen molar-refractivity contribution in [2.45, 2.75) is 32.6 Å². The summed E-state index contributed by atoms with van der Waals surface area (Å²) in [5, 5.41) is 2.84. The molecule has 1 aromatic rings. The zero-order valence-corrected chi connectivity index (χ0v) is 14.9. The third kappa shape index (κ3) is 5.31. The van der Waals surface area contributed by atoms with E-state index in [4.69, 9.17) is 0 Å². The number of methoxy groups -OCH3 is 1. The molecule has 25 heavy (non-hydrogen) atoms. The van der Waals surface area contributed by atoms with Gasteiger partial charge in [0.2, 0.25) is 11.8 Å². The maximum atomic E-state index is 12.4. The summed E-state index contributed by atoms with van der Waals surface area (Å²) in [6.45, 7) is 3.74. The Balaban J connectivity index is 1.85. The highest BCUT2D eigenvalue weighted by molar-refractivity contribution is 5.89. The maximum Gasteiger partial charge on any atom is 0.337 e. The van der Waals surface area contributed by atoms with Crippen LogP contribution in [0.2, 0.25) is 0 Å². The molecule has 0 aromatic heterocycles. The van der Waals surface area contributed by atoms with Crippen molar-refractivity contribution in [1.29, 1.82) is 0 Å². The van der Waals surface area contributed by atoms with E-state index in [2.05, 4.69) is 10.1 Å². The van der Waals surface area contributed by atoms with E-state index in [0.29, 0.717) is 31.5 Å². The first-order valence-electron chi connectivity index (χ1n) is 8.78. The van der Waals surface area contributed by atoms with Gasteiger partial charge >= 0.3 is 5.97 Å². The minimum Gasteiger partial charge on any atom is -0.465 e. The smallest absolute Gasteiger partial charge is 0.337 e. The van der Waals surface area contributed by atoms with Gasteiger partial charge in [-0.25, -0.2) is 4.79 Å². The van der Waals surface area contributed by atoms with E-state index in [1.807, 2.05) is 19.1 Å². The van der Waals surface area contributed by atoms with Gasteiger partial charge < -0.3 is 15.0 Å². The van der Waals surface area contributed by atoms with Crippen LogP contribution in [0.3, 0.4) is 0 Å². The Morgan fingerprint density at radius 3 is 2.60 bits per heavy atom. The highest BCUT2D eigenvalue weighted by Gasteiger charge is 2.27. The van der Waals surface area contributed by atoms with Crippen molar-refractivity contribution in [2.75, 3.05) is 26.7 Å². The van der Waals surface area contributed by atoms with Gasteiger partial charge in [0.25, 0.3) is 0 Å². The number of carbonyl (C=O) groups excluding carboxylic acids is 3. The highest BCUT2D eigenvalue weighted by atomic mass is 16.5. The zero-order chi connectivity index (χ0) is 18.2. The van der Waals surface area contributed by atoms with E-state index >= 15 is 0 Å². The molecular weight excluding hydrogens is 320 g/mol. The predicted octanol–water partition coefficient (Wildman–Crippen LogP) is 1.78. The number of esters is 1. The Bertz CT molecular complexity index is 612. The van der Waals surface area contributed by atoms with Crippen molar-refractivity contribution in [2.24, 2.45) is 5.92 Å². The van der Waals surface area contributed by atoms with E-state index in [0.717, 1.165) is 24.9 Å². The molecule has 1 N–H and O–H groups in total. The fraction of sp³-hybridized carbons (Fsp3) is 0.526. The Kier molecular flexibility index (Phi) is 6.98. The molecule has 2 amide bonds. The largest absolute Gasteiger partial charge is 0.465 e. The van der Waals surface area contributed by atoms with Crippen LogP contribution in [-0.4, -0.2) is 49.4 Å². The molecule has 0 aliphatic carbocycles. The number of aryl methyl sites for hydroxylation is 1. The molecule has 1 aromatic carbocycles. The molecule has 0 saturated carbocycles. The Morgan fingerprint density at radius 1 is 1.24 bits per heavy atom. The number of hydrogen-bond donors (Lipinski definition) is 1. The SMILES string of the molecule is CCNC(=O)[C@@H]1CCCN(C(=O)CCc2ccc(C(=O)OC)cc2)C1. The average molecular weight is 346 g/mol. The van der Waals surface area contributed by atoms with Crippen molar-refractivity contribution < 1.29 is 19.1 Å². The van der Waals surface area contributed by atoms with Crippen LogP contribution in [-0.2, 0) is 20.7 Å². The monoisotopic (exact) mass is 346 g/mol. The van der Waals surface area contributed by atoms with Crippen molar-refractivity contribution in [3.63, 3.8) is 0 Å². The number of likely N-dealkylation sites (tertiary alicyclic amines) is 1. The van der Waals surface area contributed by atoms with Crippen molar-refractivity contribution in [3.05, 3.63) is 35.4 Å². The predicted molar refractivity (Wildman–Crippen MR) is 94.1 cm³/mol. The maximum absolute atomic E-state index is 12.4. The molecule has 136 valence electrons. The standard InChI is InChI=1S/C19H26N2O4/c1-3-20-18(23)16-5-4-12-21(13-16)17(22)11-8-14-6-9-15(10-7-14)19(24)25-2/h6-7,9-10,16H,3-5,8,11-13H2,1-2H3,(H,20,23)/t16-/m1/s1. The average Bonchev–Trinajstić information content (AvgIpc) is 2.66. The summed E-state index contributed by atoms with van der Waals surface area (Å²) < 4.78 is 4.67. The van der Waals surface area contributed by atoms with Gasteiger partial charge in [0, 0.05) is 26.1 Å². The fourth-order valence-corrected chi connectivity index (χ4v) is 3.07. The number of amides is 2.